The zero-order chi connectivity index (χ0) is 17.8. The molecule has 0 spiro atoms. The molecule has 26 heavy (non-hydrogen) atoms. The first-order valence-electron chi connectivity index (χ1n) is 9.00. The molecule has 4 rings (SSSR count). The molecular weight excluding hydrogens is 344 g/mol. The molecule has 0 radical (unpaired) electrons. The molecule has 0 atom stereocenters. The van der Waals surface area contributed by atoms with E-state index in [2.05, 4.69) is 27.8 Å². The largest absolute Gasteiger partial charge is 0.351 e. The molecule has 5 heteroatoms. The van der Waals surface area contributed by atoms with Gasteiger partial charge in [0.25, 0.3) is 0 Å². The van der Waals surface area contributed by atoms with Crippen molar-refractivity contribution in [2.75, 3.05) is 10.6 Å². The Morgan fingerprint density at radius 2 is 1.62 bits per heavy atom. The molecule has 1 heterocycles. The Hall–Kier alpha value is -2.59. The van der Waals surface area contributed by atoms with E-state index in [0.717, 1.165) is 22.8 Å². The van der Waals surface area contributed by atoms with E-state index in [1.54, 1.807) is 0 Å². The molecule has 2 N–H and O–H groups in total. The van der Waals surface area contributed by atoms with Gasteiger partial charge in [0, 0.05) is 28.4 Å². The van der Waals surface area contributed by atoms with Crippen LogP contribution in [-0.2, 0) is 0 Å². The summed E-state index contributed by atoms with van der Waals surface area (Å²) in [7, 11) is 0. The molecule has 1 fully saturated rings. The maximum atomic E-state index is 5.98. The zero-order valence-electron chi connectivity index (χ0n) is 14.5. The van der Waals surface area contributed by atoms with E-state index in [0.29, 0.717) is 17.0 Å². The number of hydrogen-bond acceptors (Lipinski definition) is 4. The molecule has 3 aromatic rings. The summed E-state index contributed by atoms with van der Waals surface area (Å²) in [6.07, 6.45) is 4.90. The van der Waals surface area contributed by atoms with Crippen LogP contribution in [0.2, 0.25) is 5.02 Å². The Bertz CT molecular complexity index is 859. The molecular formula is C21H21ClN4. The summed E-state index contributed by atoms with van der Waals surface area (Å²) in [4.78, 5) is 9.41. The monoisotopic (exact) mass is 364 g/mol. The van der Waals surface area contributed by atoms with Crippen LogP contribution in [0, 0.1) is 0 Å². The highest BCUT2D eigenvalue weighted by molar-refractivity contribution is 6.30. The van der Waals surface area contributed by atoms with Crippen LogP contribution >= 0.6 is 11.6 Å². The van der Waals surface area contributed by atoms with Crippen molar-refractivity contribution >= 4 is 29.1 Å². The van der Waals surface area contributed by atoms with Gasteiger partial charge in [-0.3, -0.25) is 0 Å². The Kier molecular flexibility index (Phi) is 5.02. The van der Waals surface area contributed by atoms with E-state index >= 15 is 0 Å². The topological polar surface area (TPSA) is 49.8 Å². The Morgan fingerprint density at radius 3 is 2.35 bits per heavy atom. The number of benzene rings is 2. The average Bonchev–Trinajstić information content (AvgIpc) is 3.17. The Balaban J connectivity index is 1.65. The SMILES string of the molecule is Clc1ccc(Nc2cc(-c3ccccc3)nc(NC3CCCC3)n2)cc1. The van der Waals surface area contributed by atoms with E-state index in [1.807, 2.05) is 48.5 Å². The summed E-state index contributed by atoms with van der Waals surface area (Å²) < 4.78 is 0. The van der Waals surface area contributed by atoms with Gasteiger partial charge in [0.05, 0.1) is 5.69 Å². The smallest absolute Gasteiger partial charge is 0.225 e. The standard InChI is InChI=1S/C21H21ClN4/c22-16-10-12-18(13-11-16)23-20-14-19(15-6-2-1-3-7-15)25-21(26-20)24-17-8-4-5-9-17/h1-3,6-7,10-14,17H,4-5,8-9H2,(H2,23,24,25,26). The van der Waals surface area contributed by atoms with Gasteiger partial charge in [0.1, 0.15) is 5.82 Å². The van der Waals surface area contributed by atoms with Crippen molar-refractivity contribution < 1.29 is 0 Å². The Labute approximate surface area is 158 Å². The van der Waals surface area contributed by atoms with Crippen LogP contribution < -0.4 is 10.6 Å². The van der Waals surface area contributed by atoms with Crippen molar-refractivity contribution in [3.8, 4) is 11.3 Å². The maximum Gasteiger partial charge on any atom is 0.225 e. The summed E-state index contributed by atoms with van der Waals surface area (Å²) in [6.45, 7) is 0. The number of rotatable bonds is 5. The fourth-order valence-corrected chi connectivity index (χ4v) is 3.39. The minimum atomic E-state index is 0.462. The Morgan fingerprint density at radius 1 is 0.885 bits per heavy atom. The molecule has 1 aromatic heterocycles. The zero-order valence-corrected chi connectivity index (χ0v) is 15.2. The molecule has 132 valence electrons. The maximum absolute atomic E-state index is 5.98. The third-order valence-electron chi connectivity index (χ3n) is 4.60. The fourth-order valence-electron chi connectivity index (χ4n) is 3.27. The molecule has 1 saturated carbocycles. The van der Waals surface area contributed by atoms with Crippen LogP contribution in [0.4, 0.5) is 17.5 Å². The van der Waals surface area contributed by atoms with E-state index in [9.17, 15) is 0 Å². The predicted octanol–water partition coefficient (Wildman–Crippen LogP) is 5.90. The van der Waals surface area contributed by atoms with Gasteiger partial charge < -0.3 is 10.6 Å². The van der Waals surface area contributed by atoms with E-state index < -0.39 is 0 Å². The third-order valence-corrected chi connectivity index (χ3v) is 4.85. The number of anilines is 3. The van der Waals surface area contributed by atoms with Gasteiger partial charge in [0.2, 0.25) is 5.95 Å². The van der Waals surface area contributed by atoms with Gasteiger partial charge in [-0.1, -0.05) is 54.8 Å². The summed E-state index contributed by atoms with van der Waals surface area (Å²) in [5, 5.41) is 7.57. The second-order valence-corrected chi connectivity index (χ2v) is 7.02. The number of halogens is 1. The van der Waals surface area contributed by atoms with Gasteiger partial charge in [-0.25, -0.2) is 4.98 Å². The third kappa shape index (κ3) is 4.14. The summed E-state index contributed by atoms with van der Waals surface area (Å²) in [5.41, 5.74) is 2.92. The molecule has 1 aliphatic rings. The molecule has 0 aliphatic heterocycles. The van der Waals surface area contributed by atoms with Crippen molar-refractivity contribution in [1.29, 1.82) is 0 Å². The van der Waals surface area contributed by atoms with Crippen molar-refractivity contribution in [2.45, 2.75) is 31.7 Å². The highest BCUT2D eigenvalue weighted by Gasteiger charge is 2.16. The predicted molar refractivity (Wildman–Crippen MR) is 108 cm³/mol. The van der Waals surface area contributed by atoms with Crippen molar-refractivity contribution in [2.24, 2.45) is 0 Å². The molecule has 0 saturated heterocycles. The van der Waals surface area contributed by atoms with Gasteiger partial charge in [-0.15, -0.1) is 0 Å². The summed E-state index contributed by atoms with van der Waals surface area (Å²) >= 11 is 5.98. The van der Waals surface area contributed by atoms with Crippen molar-refractivity contribution in [3.05, 3.63) is 65.7 Å². The van der Waals surface area contributed by atoms with Crippen LogP contribution in [0.3, 0.4) is 0 Å². The minimum Gasteiger partial charge on any atom is -0.351 e. The van der Waals surface area contributed by atoms with Gasteiger partial charge in [0.15, 0.2) is 0 Å². The van der Waals surface area contributed by atoms with Gasteiger partial charge >= 0.3 is 0 Å². The van der Waals surface area contributed by atoms with E-state index in [4.69, 9.17) is 16.6 Å². The van der Waals surface area contributed by atoms with Gasteiger partial charge in [-0.2, -0.15) is 4.98 Å². The lowest BCUT2D eigenvalue weighted by Crippen LogP contribution is -2.17. The van der Waals surface area contributed by atoms with Crippen LogP contribution in [0.5, 0.6) is 0 Å². The van der Waals surface area contributed by atoms with Gasteiger partial charge in [-0.05, 0) is 37.1 Å². The molecule has 0 bridgehead atoms. The van der Waals surface area contributed by atoms with E-state index in [-0.39, 0.29) is 0 Å². The quantitative estimate of drug-likeness (QED) is 0.592. The van der Waals surface area contributed by atoms with Crippen molar-refractivity contribution in [1.82, 2.24) is 9.97 Å². The van der Waals surface area contributed by atoms with Crippen LogP contribution in [0.25, 0.3) is 11.3 Å². The number of aromatic nitrogens is 2. The lowest BCUT2D eigenvalue weighted by Gasteiger charge is -2.15. The minimum absolute atomic E-state index is 0.462. The number of hydrogen-bond donors (Lipinski definition) is 2. The molecule has 0 amide bonds. The van der Waals surface area contributed by atoms with Crippen LogP contribution in [0.15, 0.2) is 60.7 Å². The van der Waals surface area contributed by atoms with E-state index in [1.165, 1.54) is 25.7 Å². The fraction of sp³-hybridized carbons (Fsp3) is 0.238. The van der Waals surface area contributed by atoms with Crippen LogP contribution in [0.1, 0.15) is 25.7 Å². The first kappa shape index (κ1) is 16.9. The highest BCUT2D eigenvalue weighted by Crippen LogP contribution is 2.26. The highest BCUT2D eigenvalue weighted by atomic mass is 35.5. The molecule has 1 aliphatic carbocycles. The second-order valence-electron chi connectivity index (χ2n) is 6.59. The molecule has 4 nitrogen and oxygen atoms in total. The van der Waals surface area contributed by atoms with Crippen LogP contribution in [-0.4, -0.2) is 16.0 Å². The molecule has 2 aromatic carbocycles. The number of nitrogens with one attached hydrogen (secondary N) is 2. The average molecular weight is 365 g/mol. The first-order chi connectivity index (χ1) is 12.8. The lowest BCUT2D eigenvalue weighted by molar-refractivity contribution is 0.744. The second kappa shape index (κ2) is 7.75. The van der Waals surface area contributed by atoms with Crippen molar-refractivity contribution in [3.63, 3.8) is 0 Å². The number of nitrogens with zero attached hydrogens (tertiary/aromatic N) is 2. The summed E-state index contributed by atoms with van der Waals surface area (Å²) in [6, 6.07) is 20.2. The summed E-state index contributed by atoms with van der Waals surface area (Å²) in [5.74, 6) is 1.44. The first-order valence-corrected chi connectivity index (χ1v) is 9.38. The normalized spacial score (nSPS) is 14.3. The molecule has 0 unspecified atom stereocenters. The lowest BCUT2D eigenvalue weighted by atomic mass is 10.1.